The van der Waals surface area contributed by atoms with Gasteiger partial charge in [-0.2, -0.15) is 5.26 Å². The number of carbonyl (C=O) groups excluding carboxylic acids is 1. The van der Waals surface area contributed by atoms with Crippen LogP contribution in [0.25, 0.3) is 0 Å². The van der Waals surface area contributed by atoms with Crippen LogP contribution in [0.3, 0.4) is 0 Å². The smallest absolute Gasteiger partial charge is 0.274 e. The van der Waals surface area contributed by atoms with Crippen molar-refractivity contribution in [2.24, 2.45) is 0 Å². The number of para-hydroxylation sites is 1. The number of benzene rings is 1. The normalized spacial score (nSPS) is 10.3. The van der Waals surface area contributed by atoms with E-state index in [2.05, 4.69) is 20.6 Å². The fourth-order valence-corrected chi connectivity index (χ4v) is 2.06. The van der Waals surface area contributed by atoms with Gasteiger partial charge in [0.2, 0.25) is 0 Å². The number of rotatable bonds is 6. The number of hydrogen-bond acceptors (Lipinski definition) is 6. The Morgan fingerprint density at radius 3 is 2.75 bits per heavy atom. The van der Waals surface area contributed by atoms with Crippen LogP contribution in [-0.2, 0) is 0 Å². The first-order chi connectivity index (χ1) is 11.5. The number of nitriles is 1. The minimum absolute atomic E-state index is 0.252. The summed E-state index contributed by atoms with van der Waals surface area (Å²) in [5.74, 6) is 0.727. The summed E-state index contributed by atoms with van der Waals surface area (Å²) in [6.07, 6.45) is 0. The SMILES string of the molecule is Cc1nc(NCCN(C)C)cc(C(=O)Nc2ccccc2C#N)n1. The van der Waals surface area contributed by atoms with E-state index < -0.39 is 0 Å². The maximum absolute atomic E-state index is 12.4. The molecule has 1 aromatic heterocycles. The van der Waals surface area contributed by atoms with Crippen LogP contribution in [0.15, 0.2) is 30.3 Å². The van der Waals surface area contributed by atoms with Gasteiger partial charge in [0, 0.05) is 19.2 Å². The van der Waals surface area contributed by atoms with Crippen molar-refractivity contribution in [3.05, 3.63) is 47.4 Å². The van der Waals surface area contributed by atoms with E-state index in [1.165, 1.54) is 0 Å². The van der Waals surface area contributed by atoms with Gasteiger partial charge in [-0.3, -0.25) is 4.79 Å². The van der Waals surface area contributed by atoms with E-state index in [1.54, 1.807) is 37.3 Å². The molecule has 0 aliphatic heterocycles. The maximum atomic E-state index is 12.4. The lowest BCUT2D eigenvalue weighted by atomic mass is 10.2. The van der Waals surface area contributed by atoms with Crippen LogP contribution in [-0.4, -0.2) is 48.0 Å². The predicted molar refractivity (Wildman–Crippen MR) is 92.9 cm³/mol. The van der Waals surface area contributed by atoms with E-state index in [-0.39, 0.29) is 11.6 Å². The minimum atomic E-state index is -0.376. The molecule has 2 N–H and O–H groups in total. The molecule has 0 saturated heterocycles. The summed E-state index contributed by atoms with van der Waals surface area (Å²) in [6, 6.07) is 10.5. The van der Waals surface area contributed by atoms with Crippen molar-refractivity contribution in [2.75, 3.05) is 37.8 Å². The van der Waals surface area contributed by atoms with Gasteiger partial charge >= 0.3 is 0 Å². The predicted octanol–water partition coefficient (Wildman–Crippen LogP) is 1.88. The highest BCUT2D eigenvalue weighted by Crippen LogP contribution is 2.15. The van der Waals surface area contributed by atoms with Crippen LogP contribution in [0, 0.1) is 18.3 Å². The van der Waals surface area contributed by atoms with Gasteiger partial charge in [-0.1, -0.05) is 12.1 Å². The number of amides is 1. The molecule has 0 fully saturated rings. The lowest BCUT2D eigenvalue weighted by Crippen LogP contribution is -2.22. The Kier molecular flexibility index (Phi) is 5.82. The van der Waals surface area contributed by atoms with Crippen LogP contribution in [0.1, 0.15) is 21.9 Å². The van der Waals surface area contributed by atoms with Gasteiger partial charge in [0.25, 0.3) is 5.91 Å². The van der Waals surface area contributed by atoms with E-state index in [9.17, 15) is 4.79 Å². The Balaban J connectivity index is 2.14. The van der Waals surface area contributed by atoms with Crippen molar-refractivity contribution in [3.63, 3.8) is 0 Å². The minimum Gasteiger partial charge on any atom is -0.369 e. The molecule has 0 aliphatic carbocycles. The third kappa shape index (κ3) is 4.76. The van der Waals surface area contributed by atoms with Crippen LogP contribution in [0.5, 0.6) is 0 Å². The van der Waals surface area contributed by atoms with Gasteiger partial charge in [0.1, 0.15) is 23.4 Å². The number of aryl methyl sites for hydroxylation is 1. The molecule has 2 aromatic rings. The monoisotopic (exact) mass is 324 g/mol. The summed E-state index contributed by atoms with van der Waals surface area (Å²) in [4.78, 5) is 22.9. The molecule has 1 aromatic carbocycles. The van der Waals surface area contributed by atoms with Gasteiger partial charge in [0.05, 0.1) is 11.3 Å². The topological polar surface area (TPSA) is 93.9 Å². The highest BCUT2D eigenvalue weighted by molar-refractivity contribution is 6.03. The van der Waals surface area contributed by atoms with Gasteiger partial charge in [0.15, 0.2) is 0 Å². The van der Waals surface area contributed by atoms with Gasteiger partial charge < -0.3 is 15.5 Å². The first kappa shape index (κ1) is 17.4. The molecule has 2 rings (SSSR count). The zero-order valence-electron chi connectivity index (χ0n) is 14.0. The van der Waals surface area contributed by atoms with Crippen LogP contribution >= 0.6 is 0 Å². The van der Waals surface area contributed by atoms with Crippen molar-refractivity contribution in [3.8, 4) is 6.07 Å². The second kappa shape index (κ2) is 8.04. The first-order valence-electron chi connectivity index (χ1n) is 7.54. The van der Waals surface area contributed by atoms with Crippen LogP contribution in [0.2, 0.25) is 0 Å². The van der Waals surface area contributed by atoms with Crippen molar-refractivity contribution < 1.29 is 4.79 Å². The third-order valence-corrected chi connectivity index (χ3v) is 3.23. The Morgan fingerprint density at radius 2 is 2.04 bits per heavy atom. The van der Waals surface area contributed by atoms with Crippen molar-refractivity contribution in [2.45, 2.75) is 6.92 Å². The number of nitrogens with zero attached hydrogens (tertiary/aromatic N) is 4. The molecular formula is C17H20N6O. The maximum Gasteiger partial charge on any atom is 0.274 e. The van der Waals surface area contributed by atoms with Gasteiger partial charge in [-0.15, -0.1) is 0 Å². The molecule has 0 bridgehead atoms. The van der Waals surface area contributed by atoms with E-state index in [1.807, 2.05) is 25.1 Å². The van der Waals surface area contributed by atoms with Crippen molar-refractivity contribution in [1.29, 1.82) is 5.26 Å². The molecule has 0 aliphatic rings. The summed E-state index contributed by atoms with van der Waals surface area (Å²) in [6.45, 7) is 3.29. The second-order valence-corrected chi connectivity index (χ2v) is 5.53. The molecule has 0 unspecified atom stereocenters. The number of likely N-dealkylation sites (N-methyl/N-ethyl adjacent to an activating group) is 1. The Hall–Kier alpha value is -2.98. The first-order valence-corrected chi connectivity index (χ1v) is 7.54. The van der Waals surface area contributed by atoms with Gasteiger partial charge in [-0.05, 0) is 33.2 Å². The fourth-order valence-electron chi connectivity index (χ4n) is 2.06. The molecule has 24 heavy (non-hydrogen) atoms. The molecule has 7 heteroatoms. The molecule has 124 valence electrons. The zero-order chi connectivity index (χ0) is 17.5. The molecule has 0 saturated carbocycles. The highest BCUT2D eigenvalue weighted by atomic mass is 16.1. The third-order valence-electron chi connectivity index (χ3n) is 3.23. The summed E-state index contributed by atoms with van der Waals surface area (Å²) < 4.78 is 0. The summed E-state index contributed by atoms with van der Waals surface area (Å²) in [7, 11) is 3.97. The standard InChI is InChI=1S/C17H20N6O/c1-12-20-15(10-16(21-12)19-8-9-23(2)3)17(24)22-14-7-5-4-6-13(14)11-18/h4-7,10H,8-9H2,1-3H3,(H,22,24)(H,19,20,21). The molecule has 1 amide bonds. The quantitative estimate of drug-likeness (QED) is 0.842. The molecular weight excluding hydrogens is 304 g/mol. The lowest BCUT2D eigenvalue weighted by molar-refractivity contribution is 0.102. The van der Waals surface area contributed by atoms with Crippen LogP contribution in [0.4, 0.5) is 11.5 Å². The van der Waals surface area contributed by atoms with E-state index in [4.69, 9.17) is 5.26 Å². The molecule has 1 heterocycles. The second-order valence-electron chi connectivity index (χ2n) is 5.53. The summed E-state index contributed by atoms with van der Waals surface area (Å²) in [5.41, 5.74) is 1.12. The van der Waals surface area contributed by atoms with E-state index in [0.29, 0.717) is 29.4 Å². The number of hydrogen-bond donors (Lipinski definition) is 2. The number of aromatic nitrogens is 2. The molecule has 0 spiro atoms. The van der Waals surface area contributed by atoms with E-state index >= 15 is 0 Å². The molecule has 0 atom stereocenters. The van der Waals surface area contributed by atoms with Gasteiger partial charge in [-0.25, -0.2) is 9.97 Å². The average molecular weight is 324 g/mol. The summed E-state index contributed by atoms with van der Waals surface area (Å²) in [5, 5.41) is 15.0. The summed E-state index contributed by atoms with van der Waals surface area (Å²) >= 11 is 0. The number of carbonyl (C=O) groups is 1. The Labute approximate surface area is 141 Å². The van der Waals surface area contributed by atoms with Crippen LogP contribution < -0.4 is 10.6 Å². The van der Waals surface area contributed by atoms with E-state index in [0.717, 1.165) is 6.54 Å². The Morgan fingerprint density at radius 1 is 1.29 bits per heavy atom. The lowest BCUT2D eigenvalue weighted by Gasteiger charge is -2.12. The van der Waals surface area contributed by atoms with Crippen molar-refractivity contribution in [1.82, 2.24) is 14.9 Å². The fraction of sp³-hybridized carbons (Fsp3) is 0.294. The Bertz CT molecular complexity index is 766. The van der Waals surface area contributed by atoms with Crippen molar-refractivity contribution >= 4 is 17.4 Å². The number of nitrogens with one attached hydrogen (secondary N) is 2. The number of anilines is 2. The highest BCUT2D eigenvalue weighted by Gasteiger charge is 2.12. The average Bonchev–Trinajstić information content (AvgIpc) is 2.54. The molecule has 0 radical (unpaired) electrons. The zero-order valence-corrected chi connectivity index (χ0v) is 14.0. The molecule has 7 nitrogen and oxygen atoms in total. The largest absolute Gasteiger partial charge is 0.369 e.